The molecule has 27 heavy (non-hydrogen) atoms. The number of aromatic nitrogens is 2. The lowest BCUT2D eigenvalue weighted by Gasteiger charge is -2.18. The van der Waals surface area contributed by atoms with Gasteiger partial charge in [0.2, 0.25) is 10.0 Å². The summed E-state index contributed by atoms with van der Waals surface area (Å²) in [6.45, 7) is 6.15. The molecule has 0 aliphatic rings. The van der Waals surface area contributed by atoms with E-state index in [1.807, 2.05) is 73.3 Å². The molecular weight excluding hydrogens is 378 g/mol. The molecule has 0 saturated heterocycles. The third-order valence-corrected chi connectivity index (χ3v) is 6.24. The quantitative estimate of drug-likeness (QED) is 0.650. The van der Waals surface area contributed by atoms with Crippen molar-refractivity contribution in [2.75, 3.05) is 6.54 Å². The maximum atomic E-state index is 12.4. The molecule has 0 radical (unpaired) electrons. The molecule has 1 aromatic carbocycles. The van der Waals surface area contributed by atoms with Gasteiger partial charge >= 0.3 is 0 Å². The Morgan fingerprint density at radius 1 is 1.19 bits per heavy atom. The van der Waals surface area contributed by atoms with Gasteiger partial charge in [-0.1, -0.05) is 35.9 Å². The number of sulfonamides is 1. The average molecular weight is 402 g/mol. The molecule has 2 heterocycles. The van der Waals surface area contributed by atoms with Gasteiger partial charge in [0.25, 0.3) is 0 Å². The van der Waals surface area contributed by atoms with Gasteiger partial charge in [-0.25, -0.2) is 13.1 Å². The topological polar surface area (TPSA) is 64.0 Å². The van der Waals surface area contributed by atoms with E-state index in [0.717, 1.165) is 27.4 Å². The van der Waals surface area contributed by atoms with Crippen LogP contribution < -0.4 is 4.72 Å². The first-order valence-corrected chi connectivity index (χ1v) is 11.1. The van der Waals surface area contributed by atoms with E-state index in [0.29, 0.717) is 0 Å². The van der Waals surface area contributed by atoms with Crippen molar-refractivity contribution >= 4 is 27.4 Å². The Labute approximate surface area is 164 Å². The normalized spacial score (nSPS) is 13.3. The Balaban J connectivity index is 1.76. The van der Waals surface area contributed by atoms with Crippen molar-refractivity contribution in [3.63, 3.8) is 0 Å². The van der Waals surface area contributed by atoms with Crippen molar-refractivity contribution in [3.8, 4) is 0 Å². The minimum Gasteiger partial charge on any atom is -0.260 e. The lowest BCUT2D eigenvalue weighted by Crippen LogP contribution is -2.30. The minimum atomic E-state index is -3.56. The van der Waals surface area contributed by atoms with Crippen molar-refractivity contribution < 1.29 is 8.42 Å². The predicted molar refractivity (Wildman–Crippen MR) is 111 cm³/mol. The molecule has 0 fully saturated rings. The second kappa shape index (κ2) is 8.21. The number of hydrogen-bond acceptors (Lipinski definition) is 4. The standard InChI is InChI=1S/C20H23N3O2S2/c1-15-6-8-18(9-7-15)10-12-27(24,25)21-14-19(20-5-4-11-26-20)23-17(3)13-16(2)22-23/h4-13,19,21H,14H2,1-3H3/b12-10+. The molecule has 3 rings (SSSR count). The summed E-state index contributed by atoms with van der Waals surface area (Å²) < 4.78 is 29.5. The number of thiophene rings is 1. The van der Waals surface area contributed by atoms with Crippen LogP contribution in [0.25, 0.3) is 6.08 Å². The van der Waals surface area contributed by atoms with Crippen LogP contribution in [-0.2, 0) is 10.0 Å². The van der Waals surface area contributed by atoms with Crippen LogP contribution in [0.15, 0.2) is 53.3 Å². The summed E-state index contributed by atoms with van der Waals surface area (Å²) in [5.41, 5.74) is 3.90. The zero-order valence-corrected chi connectivity index (χ0v) is 17.2. The Kier molecular flexibility index (Phi) is 5.94. The molecule has 0 aliphatic carbocycles. The Morgan fingerprint density at radius 3 is 2.52 bits per heavy atom. The zero-order valence-electron chi connectivity index (χ0n) is 15.6. The molecule has 3 aromatic rings. The van der Waals surface area contributed by atoms with Crippen LogP contribution in [0, 0.1) is 20.8 Å². The van der Waals surface area contributed by atoms with E-state index in [4.69, 9.17) is 0 Å². The van der Waals surface area contributed by atoms with E-state index >= 15 is 0 Å². The van der Waals surface area contributed by atoms with Gasteiger partial charge in [0.15, 0.2) is 0 Å². The van der Waals surface area contributed by atoms with E-state index in [-0.39, 0.29) is 12.6 Å². The van der Waals surface area contributed by atoms with Crippen LogP contribution in [0.1, 0.15) is 33.4 Å². The summed E-state index contributed by atoms with van der Waals surface area (Å²) >= 11 is 1.59. The van der Waals surface area contributed by atoms with Crippen molar-refractivity contribution in [1.29, 1.82) is 0 Å². The average Bonchev–Trinajstić information content (AvgIpc) is 3.25. The highest BCUT2D eigenvalue weighted by atomic mass is 32.2. The summed E-state index contributed by atoms with van der Waals surface area (Å²) in [4.78, 5) is 1.06. The van der Waals surface area contributed by atoms with E-state index in [1.165, 1.54) is 5.41 Å². The van der Waals surface area contributed by atoms with Gasteiger partial charge in [0, 0.05) is 22.5 Å². The number of nitrogens with one attached hydrogen (secondary N) is 1. The second-order valence-electron chi connectivity index (χ2n) is 6.51. The first-order valence-electron chi connectivity index (χ1n) is 8.64. The van der Waals surface area contributed by atoms with Crippen LogP contribution in [0.5, 0.6) is 0 Å². The highest BCUT2D eigenvalue weighted by molar-refractivity contribution is 7.92. The maximum absolute atomic E-state index is 12.4. The number of rotatable bonds is 7. The van der Waals surface area contributed by atoms with E-state index in [1.54, 1.807) is 17.4 Å². The number of benzene rings is 1. The number of hydrogen-bond donors (Lipinski definition) is 1. The van der Waals surface area contributed by atoms with Gasteiger partial charge in [-0.05, 0) is 49.9 Å². The Hall–Kier alpha value is -2.22. The third kappa shape index (κ3) is 5.15. The first kappa shape index (κ1) is 19.5. The summed E-state index contributed by atoms with van der Waals surface area (Å²) in [6.07, 6.45) is 1.60. The van der Waals surface area contributed by atoms with Gasteiger partial charge in [-0.3, -0.25) is 4.68 Å². The van der Waals surface area contributed by atoms with Gasteiger partial charge in [0.05, 0.1) is 11.7 Å². The van der Waals surface area contributed by atoms with E-state index in [2.05, 4.69) is 9.82 Å². The molecule has 0 spiro atoms. The van der Waals surface area contributed by atoms with Crippen molar-refractivity contribution in [2.45, 2.75) is 26.8 Å². The summed E-state index contributed by atoms with van der Waals surface area (Å²) in [7, 11) is -3.56. The molecular formula is C20H23N3O2S2. The van der Waals surface area contributed by atoms with Crippen LogP contribution in [0.2, 0.25) is 0 Å². The Bertz CT molecular complexity index is 1020. The minimum absolute atomic E-state index is 0.179. The van der Waals surface area contributed by atoms with E-state index in [9.17, 15) is 8.42 Å². The fourth-order valence-electron chi connectivity index (χ4n) is 2.84. The first-order chi connectivity index (χ1) is 12.8. The molecule has 2 aromatic heterocycles. The van der Waals surface area contributed by atoms with Crippen LogP contribution in [0.4, 0.5) is 0 Å². The fraction of sp³-hybridized carbons (Fsp3) is 0.250. The van der Waals surface area contributed by atoms with Gasteiger partial charge in [-0.15, -0.1) is 11.3 Å². The monoisotopic (exact) mass is 401 g/mol. The van der Waals surface area contributed by atoms with Crippen LogP contribution in [0.3, 0.4) is 0 Å². The summed E-state index contributed by atoms with van der Waals surface area (Å²) in [5.74, 6) is 0. The van der Waals surface area contributed by atoms with Gasteiger partial charge in [-0.2, -0.15) is 5.10 Å². The largest absolute Gasteiger partial charge is 0.260 e. The SMILES string of the molecule is Cc1ccc(/C=C/S(=O)(=O)NCC(c2cccs2)n2nc(C)cc2C)cc1. The van der Waals surface area contributed by atoms with E-state index < -0.39 is 10.0 Å². The summed E-state index contributed by atoms with van der Waals surface area (Å²) in [5, 5.41) is 7.74. The zero-order chi connectivity index (χ0) is 19.4. The molecule has 5 nitrogen and oxygen atoms in total. The smallest absolute Gasteiger partial charge is 0.233 e. The molecule has 1 atom stereocenters. The third-order valence-electron chi connectivity index (χ3n) is 4.21. The number of aryl methyl sites for hydroxylation is 3. The molecule has 7 heteroatoms. The molecule has 1 N–H and O–H groups in total. The van der Waals surface area contributed by atoms with Crippen molar-refractivity contribution in [2.24, 2.45) is 0 Å². The molecule has 142 valence electrons. The molecule has 0 amide bonds. The van der Waals surface area contributed by atoms with Crippen LogP contribution >= 0.6 is 11.3 Å². The molecule has 0 bridgehead atoms. The maximum Gasteiger partial charge on any atom is 0.233 e. The Morgan fingerprint density at radius 2 is 1.93 bits per heavy atom. The molecule has 0 saturated carbocycles. The second-order valence-corrected chi connectivity index (χ2v) is 9.14. The van der Waals surface area contributed by atoms with Gasteiger partial charge < -0.3 is 0 Å². The number of nitrogens with zero attached hydrogens (tertiary/aromatic N) is 2. The molecule has 0 aliphatic heterocycles. The van der Waals surface area contributed by atoms with Crippen molar-refractivity contribution in [1.82, 2.24) is 14.5 Å². The van der Waals surface area contributed by atoms with Crippen molar-refractivity contribution in [3.05, 3.63) is 80.6 Å². The fourth-order valence-corrected chi connectivity index (χ4v) is 4.47. The lowest BCUT2D eigenvalue weighted by atomic mass is 10.2. The highest BCUT2D eigenvalue weighted by Crippen LogP contribution is 2.24. The predicted octanol–water partition coefficient (Wildman–Crippen LogP) is 4.05. The van der Waals surface area contributed by atoms with Gasteiger partial charge in [0.1, 0.15) is 0 Å². The lowest BCUT2D eigenvalue weighted by molar-refractivity contribution is 0.502. The summed E-state index contributed by atoms with van der Waals surface area (Å²) in [6, 6.07) is 13.5. The van der Waals surface area contributed by atoms with Crippen LogP contribution in [-0.4, -0.2) is 24.7 Å². The molecule has 1 unspecified atom stereocenters. The highest BCUT2D eigenvalue weighted by Gasteiger charge is 2.20.